The van der Waals surface area contributed by atoms with Crippen molar-refractivity contribution < 1.29 is 4.79 Å². The number of benzene rings is 2. The van der Waals surface area contributed by atoms with Crippen LogP contribution in [0.2, 0.25) is 0 Å². The molecule has 0 saturated heterocycles. The monoisotopic (exact) mass is 389 g/mol. The second-order valence-corrected chi connectivity index (χ2v) is 7.01. The van der Waals surface area contributed by atoms with E-state index in [1.165, 1.54) is 11.8 Å². The van der Waals surface area contributed by atoms with Crippen LogP contribution in [0.3, 0.4) is 0 Å². The van der Waals surface area contributed by atoms with E-state index in [1.54, 1.807) is 0 Å². The Balaban J connectivity index is 1.43. The molecule has 0 fully saturated rings. The van der Waals surface area contributed by atoms with E-state index in [-0.39, 0.29) is 5.91 Å². The lowest BCUT2D eigenvalue weighted by Crippen LogP contribution is -2.27. The van der Waals surface area contributed by atoms with Crippen LogP contribution in [-0.2, 0) is 11.2 Å². The molecule has 6 heteroatoms. The maximum Gasteiger partial charge on any atom is 0.230 e. The van der Waals surface area contributed by atoms with Crippen LogP contribution < -0.4 is 5.32 Å². The number of H-pyrrole nitrogens is 1. The van der Waals surface area contributed by atoms with Gasteiger partial charge in [-0.05, 0) is 36.4 Å². The third-order valence-corrected chi connectivity index (χ3v) is 4.85. The molecule has 0 bridgehead atoms. The largest absolute Gasteiger partial charge is 0.355 e. The molecule has 23 heavy (non-hydrogen) atoms. The predicted octanol–water partition coefficient (Wildman–Crippen LogP) is 3.78. The molecule has 118 valence electrons. The summed E-state index contributed by atoms with van der Waals surface area (Å²) in [4.78, 5) is 20.7. The minimum atomic E-state index is 0.0361. The van der Waals surface area contributed by atoms with E-state index in [1.807, 2.05) is 48.5 Å². The van der Waals surface area contributed by atoms with Crippen molar-refractivity contribution in [2.75, 3.05) is 12.3 Å². The molecular weight excluding hydrogens is 374 g/mol. The molecule has 1 heterocycles. The van der Waals surface area contributed by atoms with E-state index in [2.05, 4.69) is 31.2 Å². The fraction of sp³-hybridized carbons (Fsp3) is 0.176. The molecule has 3 aromatic rings. The molecule has 0 aliphatic heterocycles. The van der Waals surface area contributed by atoms with Gasteiger partial charge in [-0.2, -0.15) is 0 Å². The number of aromatic nitrogens is 2. The van der Waals surface area contributed by atoms with Crippen LogP contribution in [-0.4, -0.2) is 28.2 Å². The maximum absolute atomic E-state index is 11.9. The molecule has 3 rings (SSSR count). The van der Waals surface area contributed by atoms with Gasteiger partial charge >= 0.3 is 0 Å². The van der Waals surface area contributed by atoms with Crippen molar-refractivity contribution in [2.24, 2.45) is 0 Å². The van der Waals surface area contributed by atoms with Crippen LogP contribution in [0.5, 0.6) is 0 Å². The fourth-order valence-electron chi connectivity index (χ4n) is 2.18. The van der Waals surface area contributed by atoms with Gasteiger partial charge in [-0.25, -0.2) is 4.98 Å². The molecular formula is C17H16BrN3OS. The van der Waals surface area contributed by atoms with E-state index in [0.29, 0.717) is 18.7 Å². The van der Waals surface area contributed by atoms with Crippen molar-refractivity contribution in [2.45, 2.75) is 11.3 Å². The number of aromatic amines is 1. The summed E-state index contributed by atoms with van der Waals surface area (Å²) in [6.45, 7) is 0.583. The highest BCUT2D eigenvalue weighted by molar-refractivity contribution is 9.10. The number of thioether (sulfide) groups is 1. The van der Waals surface area contributed by atoms with E-state index in [4.69, 9.17) is 0 Å². The van der Waals surface area contributed by atoms with Crippen LogP contribution in [0.15, 0.2) is 57.9 Å². The van der Waals surface area contributed by atoms with Gasteiger partial charge in [0.05, 0.1) is 16.8 Å². The van der Waals surface area contributed by atoms with Crippen molar-refractivity contribution in [1.82, 2.24) is 15.3 Å². The summed E-state index contributed by atoms with van der Waals surface area (Å²) in [7, 11) is 0. The molecule has 0 saturated carbocycles. The number of imidazole rings is 1. The molecule has 0 radical (unpaired) electrons. The highest BCUT2D eigenvalue weighted by Crippen LogP contribution is 2.20. The molecule has 0 atom stereocenters. The minimum Gasteiger partial charge on any atom is -0.355 e. The lowest BCUT2D eigenvalue weighted by Gasteiger charge is -2.04. The Kier molecular flexibility index (Phi) is 5.35. The SMILES string of the molecule is O=C(CSc1ccc(Br)cc1)NCCc1nc2ccccc2[nH]1. The number of nitrogens with zero attached hydrogens (tertiary/aromatic N) is 1. The van der Waals surface area contributed by atoms with Gasteiger partial charge in [-0.3, -0.25) is 4.79 Å². The van der Waals surface area contributed by atoms with Crippen LogP contribution in [0.25, 0.3) is 11.0 Å². The third-order valence-electron chi connectivity index (χ3n) is 3.31. The quantitative estimate of drug-likeness (QED) is 0.630. The van der Waals surface area contributed by atoms with Crippen molar-refractivity contribution in [3.05, 3.63) is 58.8 Å². The number of nitrogens with one attached hydrogen (secondary N) is 2. The molecule has 2 aromatic carbocycles. The first-order valence-electron chi connectivity index (χ1n) is 7.29. The minimum absolute atomic E-state index is 0.0361. The Morgan fingerprint density at radius 1 is 1.17 bits per heavy atom. The lowest BCUT2D eigenvalue weighted by molar-refractivity contribution is -0.118. The molecule has 0 aliphatic rings. The van der Waals surface area contributed by atoms with E-state index in [0.717, 1.165) is 26.2 Å². The third kappa shape index (κ3) is 4.59. The summed E-state index contributed by atoms with van der Waals surface area (Å²) in [5.41, 5.74) is 1.99. The zero-order valence-electron chi connectivity index (χ0n) is 12.4. The van der Waals surface area contributed by atoms with Crippen LogP contribution in [0.4, 0.5) is 0 Å². The zero-order chi connectivity index (χ0) is 16.1. The number of hydrogen-bond donors (Lipinski definition) is 2. The average Bonchev–Trinajstić information content (AvgIpc) is 2.97. The first kappa shape index (κ1) is 16.1. The normalized spacial score (nSPS) is 10.8. The van der Waals surface area contributed by atoms with Crippen LogP contribution >= 0.6 is 27.7 Å². The number of rotatable bonds is 6. The Labute approximate surface area is 147 Å². The standard InChI is InChI=1S/C17H16BrN3OS/c18-12-5-7-13(8-6-12)23-11-17(22)19-10-9-16-20-14-3-1-2-4-15(14)21-16/h1-8H,9-11H2,(H,19,22)(H,20,21). The van der Waals surface area contributed by atoms with E-state index >= 15 is 0 Å². The molecule has 1 amide bonds. The molecule has 2 N–H and O–H groups in total. The van der Waals surface area contributed by atoms with Crippen molar-refractivity contribution >= 4 is 44.6 Å². The Hall–Kier alpha value is -1.79. The molecule has 0 aliphatic carbocycles. The van der Waals surface area contributed by atoms with Gasteiger partial charge in [0.2, 0.25) is 5.91 Å². The number of carbonyl (C=O) groups excluding carboxylic acids is 1. The summed E-state index contributed by atoms with van der Waals surface area (Å²) in [6, 6.07) is 15.9. The van der Waals surface area contributed by atoms with E-state index in [9.17, 15) is 4.79 Å². The summed E-state index contributed by atoms with van der Waals surface area (Å²) in [5.74, 6) is 1.35. The second-order valence-electron chi connectivity index (χ2n) is 5.04. The Bertz CT molecular complexity index is 768. The fourth-order valence-corrected chi connectivity index (χ4v) is 3.17. The summed E-state index contributed by atoms with van der Waals surface area (Å²) in [6.07, 6.45) is 0.698. The van der Waals surface area contributed by atoms with E-state index < -0.39 is 0 Å². The first-order chi connectivity index (χ1) is 11.2. The van der Waals surface area contributed by atoms with Gasteiger partial charge in [0.15, 0.2) is 0 Å². The van der Waals surface area contributed by atoms with Crippen LogP contribution in [0, 0.1) is 0 Å². The van der Waals surface area contributed by atoms with Gasteiger partial charge < -0.3 is 10.3 Å². The number of fused-ring (bicyclic) bond motifs is 1. The van der Waals surface area contributed by atoms with Gasteiger partial charge in [0, 0.05) is 22.3 Å². The lowest BCUT2D eigenvalue weighted by atomic mass is 10.3. The molecule has 4 nitrogen and oxygen atoms in total. The zero-order valence-corrected chi connectivity index (χ0v) is 14.8. The molecule has 0 spiro atoms. The second kappa shape index (κ2) is 7.66. The highest BCUT2D eigenvalue weighted by Gasteiger charge is 2.05. The average molecular weight is 390 g/mol. The van der Waals surface area contributed by atoms with Crippen molar-refractivity contribution in [3.8, 4) is 0 Å². The summed E-state index contributed by atoms with van der Waals surface area (Å²) < 4.78 is 1.04. The molecule has 1 aromatic heterocycles. The van der Waals surface area contributed by atoms with Crippen LogP contribution in [0.1, 0.15) is 5.82 Å². The number of carbonyl (C=O) groups is 1. The number of halogens is 1. The van der Waals surface area contributed by atoms with Crippen molar-refractivity contribution in [1.29, 1.82) is 0 Å². The summed E-state index contributed by atoms with van der Waals surface area (Å²) in [5, 5.41) is 2.93. The Morgan fingerprint density at radius 3 is 2.74 bits per heavy atom. The van der Waals surface area contributed by atoms with Gasteiger partial charge in [-0.1, -0.05) is 28.1 Å². The topological polar surface area (TPSA) is 57.8 Å². The van der Waals surface area contributed by atoms with Gasteiger partial charge in [0.25, 0.3) is 0 Å². The number of para-hydroxylation sites is 2. The van der Waals surface area contributed by atoms with Gasteiger partial charge in [0.1, 0.15) is 5.82 Å². The molecule has 0 unspecified atom stereocenters. The van der Waals surface area contributed by atoms with Crippen molar-refractivity contribution in [3.63, 3.8) is 0 Å². The Morgan fingerprint density at radius 2 is 1.96 bits per heavy atom. The maximum atomic E-state index is 11.9. The number of amides is 1. The smallest absolute Gasteiger partial charge is 0.230 e. The first-order valence-corrected chi connectivity index (χ1v) is 9.07. The highest BCUT2D eigenvalue weighted by atomic mass is 79.9. The summed E-state index contributed by atoms with van der Waals surface area (Å²) >= 11 is 4.93. The number of hydrogen-bond acceptors (Lipinski definition) is 3. The van der Waals surface area contributed by atoms with Gasteiger partial charge in [-0.15, -0.1) is 11.8 Å². The predicted molar refractivity (Wildman–Crippen MR) is 97.7 cm³/mol.